The molecule has 4 aromatic rings. The molecule has 0 unspecified atom stereocenters. The molecule has 0 aliphatic heterocycles. The number of nitrogens with one attached hydrogen (secondary N) is 1. The van der Waals surface area contributed by atoms with Crippen LogP contribution in [-0.2, 0) is 17.8 Å². The van der Waals surface area contributed by atoms with E-state index in [0.717, 1.165) is 10.1 Å². The zero-order valence-electron chi connectivity index (χ0n) is 19.4. The van der Waals surface area contributed by atoms with E-state index in [4.69, 9.17) is 4.74 Å². The first kappa shape index (κ1) is 23.0. The maximum absolute atomic E-state index is 13.6. The maximum atomic E-state index is 13.6. The number of carbonyl (C=O) groups is 1. The third-order valence-electron chi connectivity index (χ3n) is 5.63. The molecule has 0 spiro atoms. The number of aromatic nitrogens is 3. The predicted molar refractivity (Wildman–Crippen MR) is 131 cm³/mol. The van der Waals surface area contributed by atoms with Gasteiger partial charge in [0.2, 0.25) is 5.91 Å². The lowest BCUT2D eigenvalue weighted by molar-refractivity contribution is -0.121. The zero-order valence-corrected chi connectivity index (χ0v) is 19.4. The molecule has 8 heteroatoms. The SMILES string of the molecule is COc1ccccc1-n1c(=O)n(CC(=O)NCCc2ccccc2)c(=O)c2c(C)cc(C)nc21. The molecule has 0 radical (unpaired) electrons. The smallest absolute Gasteiger partial charge is 0.337 e. The number of methoxy groups -OCH3 is 1. The Bertz CT molecular complexity index is 1470. The van der Waals surface area contributed by atoms with Crippen molar-refractivity contribution >= 4 is 16.9 Å². The van der Waals surface area contributed by atoms with Crippen molar-refractivity contribution in [1.82, 2.24) is 19.4 Å². The number of pyridine rings is 1. The van der Waals surface area contributed by atoms with Gasteiger partial charge in [0.05, 0.1) is 18.2 Å². The van der Waals surface area contributed by atoms with E-state index >= 15 is 0 Å². The summed E-state index contributed by atoms with van der Waals surface area (Å²) >= 11 is 0. The highest BCUT2D eigenvalue weighted by atomic mass is 16.5. The van der Waals surface area contributed by atoms with E-state index in [-0.39, 0.29) is 11.0 Å². The highest BCUT2D eigenvalue weighted by Gasteiger charge is 2.21. The number of nitrogens with zero attached hydrogens (tertiary/aromatic N) is 3. The van der Waals surface area contributed by atoms with Crippen LogP contribution in [0.15, 0.2) is 70.3 Å². The van der Waals surface area contributed by atoms with Crippen LogP contribution in [0.3, 0.4) is 0 Å². The quantitative estimate of drug-likeness (QED) is 0.459. The molecule has 0 saturated heterocycles. The first-order chi connectivity index (χ1) is 16.4. The lowest BCUT2D eigenvalue weighted by atomic mass is 10.1. The van der Waals surface area contributed by atoms with Crippen LogP contribution in [0.4, 0.5) is 0 Å². The van der Waals surface area contributed by atoms with E-state index in [2.05, 4.69) is 10.3 Å². The van der Waals surface area contributed by atoms with Crippen molar-refractivity contribution < 1.29 is 9.53 Å². The minimum atomic E-state index is -0.655. The van der Waals surface area contributed by atoms with Crippen LogP contribution in [0.25, 0.3) is 16.7 Å². The van der Waals surface area contributed by atoms with Gasteiger partial charge in [0, 0.05) is 12.2 Å². The van der Waals surface area contributed by atoms with Gasteiger partial charge in [-0.05, 0) is 49.6 Å². The molecule has 0 saturated carbocycles. The molecule has 4 rings (SSSR count). The average molecular weight is 459 g/mol. The lowest BCUT2D eigenvalue weighted by Gasteiger charge is -2.17. The van der Waals surface area contributed by atoms with E-state index in [1.165, 1.54) is 11.7 Å². The number of rotatable bonds is 7. The van der Waals surface area contributed by atoms with Gasteiger partial charge in [-0.1, -0.05) is 42.5 Å². The first-order valence-electron chi connectivity index (χ1n) is 11.0. The molecule has 8 nitrogen and oxygen atoms in total. The Morgan fingerprint density at radius 3 is 2.47 bits per heavy atom. The van der Waals surface area contributed by atoms with Gasteiger partial charge in [0.15, 0.2) is 5.65 Å². The number of aryl methyl sites for hydroxylation is 2. The van der Waals surface area contributed by atoms with Crippen LogP contribution >= 0.6 is 0 Å². The van der Waals surface area contributed by atoms with E-state index in [1.807, 2.05) is 30.3 Å². The summed E-state index contributed by atoms with van der Waals surface area (Å²) in [6.07, 6.45) is 0.646. The van der Waals surface area contributed by atoms with Crippen molar-refractivity contribution in [2.75, 3.05) is 13.7 Å². The first-order valence-corrected chi connectivity index (χ1v) is 11.0. The number of ether oxygens (including phenoxy) is 1. The van der Waals surface area contributed by atoms with Gasteiger partial charge in [0.1, 0.15) is 12.3 Å². The van der Waals surface area contributed by atoms with Gasteiger partial charge in [-0.25, -0.2) is 18.9 Å². The average Bonchev–Trinajstić information content (AvgIpc) is 2.82. The largest absolute Gasteiger partial charge is 0.495 e. The molecule has 0 atom stereocenters. The van der Waals surface area contributed by atoms with Crippen LogP contribution in [0.2, 0.25) is 0 Å². The molecular formula is C26H26N4O4. The molecule has 174 valence electrons. The van der Waals surface area contributed by atoms with Gasteiger partial charge < -0.3 is 10.1 Å². The van der Waals surface area contributed by atoms with Crippen molar-refractivity contribution in [3.63, 3.8) is 0 Å². The van der Waals surface area contributed by atoms with Crippen molar-refractivity contribution in [1.29, 1.82) is 0 Å². The molecule has 1 N–H and O–H groups in total. The fraction of sp³-hybridized carbons (Fsp3) is 0.231. The summed E-state index contributed by atoms with van der Waals surface area (Å²) in [6.45, 7) is 3.59. The monoisotopic (exact) mass is 458 g/mol. The highest BCUT2D eigenvalue weighted by Crippen LogP contribution is 2.24. The van der Waals surface area contributed by atoms with Gasteiger partial charge in [0.25, 0.3) is 5.56 Å². The van der Waals surface area contributed by atoms with E-state index < -0.39 is 23.7 Å². The van der Waals surface area contributed by atoms with E-state index in [0.29, 0.717) is 35.7 Å². The number of hydrogen-bond donors (Lipinski definition) is 1. The van der Waals surface area contributed by atoms with Gasteiger partial charge in [-0.15, -0.1) is 0 Å². The summed E-state index contributed by atoms with van der Waals surface area (Å²) in [6, 6.07) is 18.5. The molecule has 34 heavy (non-hydrogen) atoms. The molecule has 0 bridgehead atoms. The molecule has 0 fully saturated rings. The third kappa shape index (κ3) is 4.47. The Hall–Kier alpha value is -4.20. The predicted octanol–water partition coefficient (Wildman–Crippen LogP) is 2.53. The lowest BCUT2D eigenvalue weighted by Crippen LogP contribution is -2.44. The Morgan fingerprint density at radius 2 is 1.74 bits per heavy atom. The standard InChI is InChI=1S/C26H26N4O4/c1-17-15-18(2)28-24-23(17)25(32)29(16-22(31)27-14-13-19-9-5-4-6-10-19)26(33)30(24)20-11-7-8-12-21(20)34-3/h4-12,15H,13-14,16H2,1-3H3,(H,27,31). The molecule has 2 heterocycles. The Balaban J connectivity index is 1.78. The minimum Gasteiger partial charge on any atom is -0.495 e. The second-order valence-corrected chi connectivity index (χ2v) is 8.05. The van der Waals surface area contributed by atoms with Crippen LogP contribution < -0.4 is 21.3 Å². The number of hydrogen-bond acceptors (Lipinski definition) is 5. The fourth-order valence-corrected chi connectivity index (χ4v) is 4.04. The molecular weight excluding hydrogens is 432 g/mol. The summed E-state index contributed by atoms with van der Waals surface area (Å²) in [7, 11) is 1.51. The number of carbonyl (C=O) groups excluding carboxylic acids is 1. The van der Waals surface area contributed by atoms with Crippen molar-refractivity contribution in [2.24, 2.45) is 0 Å². The van der Waals surface area contributed by atoms with Crippen LogP contribution in [0.1, 0.15) is 16.8 Å². The Morgan fingerprint density at radius 1 is 1.03 bits per heavy atom. The molecule has 2 aromatic carbocycles. The van der Waals surface area contributed by atoms with Crippen LogP contribution in [0.5, 0.6) is 5.75 Å². The maximum Gasteiger partial charge on any atom is 0.337 e. The highest BCUT2D eigenvalue weighted by molar-refractivity contribution is 5.81. The number of fused-ring (bicyclic) bond motifs is 1. The summed E-state index contributed by atoms with van der Waals surface area (Å²) in [5.41, 5.74) is 1.90. The number of para-hydroxylation sites is 2. The number of benzene rings is 2. The van der Waals surface area contributed by atoms with Crippen molar-refractivity contribution in [2.45, 2.75) is 26.8 Å². The number of amides is 1. The summed E-state index contributed by atoms with van der Waals surface area (Å²) in [4.78, 5) is 44.1. The molecule has 0 aliphatic rings. The fourth-order valence-electron chi connectivity index (χ4n) is 4.04. The van der Waals surface area contributed by atoms with E-state index in [1.54, 1.807) is 44.2 Å². The molecule has 2 aromatic heterocycles. The van der Waals surface area contributed by atoms with Crippen LogP contribution in [0, 0.1) is 13.8 Å². The van der Waals surface area contributed by atoms with Crippen LogP contribution in [-0.4, -0.2) is 33.7 Å². The normalized spacial score (nSPS) is 10.9. The van der Waals surface area contributed by atoms with Gasteiger partial charge in [-0.3, -0.25) is 9.59 Å². The minimum absolute atomic E-state index is 0.234. The molecule has 1 amide bonds. The second-order valence-electron chi connectivity index (χ2n) is 8.05. The second kappa shape index (κ2) is 9.74. The molecule has 0 aliphatic carbocycles. The topological polar surface area (TPSA) is 95.2 Å². The van der Waals surface area contributed by atoms with Crippen molar-refractivity contribution in [3.05, 3.63) is 98.3 Å². The Labute approximate surface area is 196 Å². The van der Waals surface area contributed by atoms with Gasteiger partial charge >= 0.3 is 5.69 Å². The third-order valence-corrected chi connectivity index (χ3v) is 5.63. The summed E-state index contributed by atoms with van der Waals surface area (Å²) in [5, 5.41) is 3.09. The van der Waals surface area contributed by atoms with Crippen molar-refractivity contribution in [3.8, 4) is 11.4 Å². The van der Waals surface area contributed by atoms with Gasteiger partial charge in [-0.2, -0.15) is 0 Å². The summed E-state index contributed by atoms with van der Waals surface area (Å²) < 4.78 is 7.75. The zero-order chi connectivity index (χ0) is 24.2. The Kier molecular flexibility index (Phi) is 6.58. The summed E-state index contributed by atoms with van der Waals surface area (Å²) in [5.74, 6) is 0.0307. The van der Waals surface area contributed by atoms with E-state index in [9.17, 15) is 14.4 Å².